The molecule has 1 saturated heterocycles. The van der Waals surface area contributed by atoms with E-state index in [-0.39, 0.29) is 11.5 Å². The van der Waals surface area contributed by atoms with Crippen LogP contribution in [0.25, 0.3) is 11.7 Å². The van der Waals surface area contributed by atoms with Gasteiger partial charge in [-0.15, -0.1) is 0 Å². The molecule has 0 unspecified atom stereocenters. The Bertz CT molecular complexity index is 1540. The Morgan fingerprint density at radius 1 is 0.971 bits per heavy atom. The van der Waals surface area contributed by atoms with E-state index in [0.29, 0.717) is 32.0 Å². The molecule has 0 saturated carbocycles. The van der Waals surface area contributed by atoms with Crippen LogP contribution in [-0.2, 0) is 11.3 Å². The SMILES string of the molecule is Cc1ccc(CN2C(=O)/C(=C/c3c(Sc4ccccc4)nc4ccc(C)cn4c3=O)SC2=S)cc1. The van der Waals surface area contributed by atoms with Crippen LogP contribution in [0.5, 0.6) is 0 Å². The molecule has 35 heavy (non-hydrogen) atoms. The lowest BCUT2D eigenvalue weighted by molar-refractivity contribution is -0.122. The van der Waals surface area contributed by atoms with Crippen LogP contribution < -0.4 is 5.56 Å². The summed E-state index contributed by atoms with van der Waals surface area (Å²) in [7, 11) is 0. The second-order valence-electron chi connectivity index (χ2n) is 8.24. The van der Waals surface area contributed by atoms with E-state index in [1.165, 1.54) is 27.9 Å². The zero-order valence-corrected chi connectivity index (χ0v) is 21.5. The first-order valence-corrected chi connectivity index (χ1v) is 13.0. The van der Waals surface area contributed by atoms with Crippen LogP contribution in [0.3, 0.4) is 0 Å². The number of benzene rings is 2. The van der Waals surface area contributed by atoms with E-state index >= 15 is 0 Å². The van der Waals surface area contributed by atoms with Crippen molar-refractivity contribution in [3.63, 3.8) is 0 Å². The first kappa shape index (κ1) is 23.5. The number of aryl methyl sites for hydroxylation is 2. The van der Waals surface area contributed by atoms with Crippen molar-refractivity contribution in [2.75, 3.05) is 0 Å². The Labute approximate surface area is 216 Å². The lowest BCUT2D eigenvalue weighted by atomic mass is 10.1. The van der Waals surface area contributed by atoms with Gasteiger partial charge in [0.15, 0.2) is 0 Å². The van der Waals surface area contributed by atoms with Crippen molar-refractivity contribution in [3.8, 4) is 0 Å². The second kappa shape index (κ2) is 9.81. The molecule has 0 atom stereocenters. The average Bonchev–Trinajstić information content (AvgIpc) is 3.11. The quantitative estimate of drug-likeness (QED) is 0.188. The van der Waals surface area contributed by atoms with Gasteiger partial charge in [-0.25, -0.2) is 4.98 Å². The molecule has 0 radical (unpaired) electrons. The fourth-order valence-electron chi connectivity index (χ4n) is 3.68. The molecule has 2 aromatic heterocycles. The van der Waals surface area contributed by atoms with E-state index in [0.717, 1.165) is 21.6 Å². The molecule has 0 N–H and O–H groups in total. The Morgan fingerprint density at radius 2 is 1.69 bits per heavy atom. The van der Waals surface area contributed by atoms with Crippen molar-refractivity contribution in [1.29, 1.82) is 0 Å². The van der Waals surface area contributed by atoms with Crippen molar-refractivity contribution in [2.45, 2.75) is 30.3 Å². The molecule has 1 aliphatic rings. The highest BCUT2D eigenvalue weighted by Crippen LogP contribution is 2.35. The van der Waals surface area contributed by atoms with Crippen LogP contribution in [0.15, 0.2) is 92.5 Å². The normalized spacial score (nSPS) is 14.9. The number of hydrogen-bond acceptors (Lipinski definition) is 6. The molecule has 4 aromatic rings. The van der Waals surface area contributed by atoms with Gasteiger partial charge < -0.3 is 0 Å². The molecular formula is C27H21N3O2S3. The van der Waals surface area contributed by atoms with Crippen LogP contribution in [0, 0.1) is 13.8 Å². The minimum Gasteiger partial charge on any atom is -0.288 e. The van der Waals surface area contributed by atoms with Crippen LogP contribution in [-0.4, -0.2) is 24.5 Å². The largest absolute Gasteiger partial charge is 0.288 e. The predicted octanol–water partition coefficient (Wildman–Crippen LogP) is 5.86. The molecule has 8 heteroatoms. The molecule has 0 aliphatic carbocycles. The molecule has 2 aromatic carbocycles. The number of thioether (sulfide) groups is 1. The summed E-state index contributed by atoms with van der Waals surface area (Å²) < 4.78 is 2.01. The minimum atomic E-state index is -0.221. The number of fused-ring (bicyclic) bond motifs is 1. The van der Waals surface area contributed by atoms with E-state index in [9.17, 15) is 9.59 Å². The number of hydrogen-bond donors (Lipinski definition) is 0. The molecule has 1 fully saturated rings. The summed E-state index contributed by atoms with van der Waals surface area (Å²) >= 11 is 8.14. The molecule has 1 amide bonds. The summed E-state index contributed by atoms with van der Waals surface area (Å²) in [5, 5.41) is 0.550. The number of nitrogens with zero attached hydrogens (tertiary/aromatic N) is 3. The highest BCUT2D eigenvalue weighted by atomic mass is 32.2. The molecule has 174 valence electrons. The van der Waals surface area contributed by atoms with Crippen LogP contribution in [0.1, 0.15) is 22.3 Å². The van der Waals surface area contributed by atoms with E-state index in [4.69, 9.17) is 17.2 Å². The van der Waals surface area contributed by atoms with Gasteiger partial charge in [0, 0.05) is 11.1 Å². The zero-order valence-electron chi connectivity index (χ0n) is 19.1. The first-order chi connectivity index (χ1) is 16.9. The van der Waals surface area contributed by atoms with E-state index in [2.05, 4.69) is 0 Å². The molecule has 1 aliphatic heterocycles. The highest BCUT2D eigenvalue weighted by molar-refractivity contribution is 8.26. The van der Waals surface area contributed by atoms with E-state index in [1.807, 2.05) is 80.6 Å². The van der Waals surface area contributed by atoms with Crippen molar-refractivity contribution < 1.29 is 4.79 Å². The van der Waals surface area contributed by atoms with Crippen molar-refractivity contribution in [2.24, 2.45) is 0 Å². The van der Waals surface area contributed by atoms with Crippen LogP contribution >= 0.6 is 35.7 Å². The van der Waals surface area contributed by atoms with Crippen LogP contribution in [0.4, 0.5) is 0 Å². The number of rotatable bonds is 5. The Kier molecular flexibility index (Phi) is 6.60. The van der Waals surface area contributed by atoms with Gasteiger partial charge in [-0.2, -0.15) is 0 Å². The summed E-state index contributed by atoms with van der Waals surface area (Å²) in [6.07, 6.45) is 3.41. The van der Waals surface area contributed by atoms with Gasteiger partial charge in [0.05, 0.1) is 17.0 Å². The number of aromatic nitrogens is 2. The summed E-state index contributed by atoms with van der Waals surface area (Å²) in [4.78, 5) is 34.6. The minimum absolute atomic E-state index is 0.204. The lowest BCUT2D eigenvalue weighted by Gasteiger charge is -2.14. The summed E-state index contributed by atoms with van der Waals surface area (Å²) in [5.41, 5.74) is 3.81. The standard InChI is InChI=1S/C27H21N3O2S3/c1-17-8-11-19(12-9-17)16-30-26(32)22(35-27(30)33)14-21-24(34-20-6-4-3-5-7-20)28-23-13-10-18(2)15-29(23)25(21)31/h3-15H,16H2,1-2H3/b22-14-. The van der Waals surface area contributed by atoms with Crippen molar-refractivity contribution in [1.82, 2.24) is 14.3 Å². The van der Waals surface area contributed by atoms with Gasteiger partial charge in [0.25, 0.3) is 11.5 Å². The molecule has 3 heterocycles. The maximum Gasteiger partial charge on any atom is 0.266 e. The van der Waals surface area contributed by atoms with Gasteiger partial charge >= 0.3 is 0 Å². The summed E-state index contributed by atoms with van der Waals surface area (Å²) in [6.45, 7) is 4.34. The van der Waals surface area contributed by atoms with Gasteiger partial charge in [0.1, 0.15) is 15.0 Å². The maximum absolute atomic E-state index is 13.6. The number of carbonyl (C=O) groups is 1. The molecule has 0 spiro atoms. The van der Waals surface area contributed by atoms with E-state index < -0.39 is 0 Å². The fraction of sp³-hybridized carbons (Fsp3) is 0.111. The van der Waals surface area contributed by atoms with Crippen molar-refractivity contribution >= 4 is 57.7 Å². The Balaban J connectivity index is 1.56. The highest BCUT2D eigenvalue weighted by Gasteiger charge is 2.32. The monoisotopic (exact) mass is 515 g/mol. The second-order valence-corrected chi connectivity index (χ2v) is 11.0. The molecule has 5 nitrogen and oxygen atoms in total. The lowest BCUT2D eigenvalue weighted by Crippen LogP contribution is -2.27. The average molecular weight is 516 g/mol. The maximum atomic E-state index is 13.6. The van der Waals surface area contributed by atoms with Gasteiger partial charge in [0.2, 0.25) is 0 Å². The molecule has 5 rings (SSSR count). The van der Waals surface area contributed by atoms with Gasteiger partial charge in [-0.05, 0) is 49.2 Å². The smallest absolute Gasteiger partial charge is 0.266 e. The van der Waals surface area contributed by atoms with Gasteiger partial charge in [-0.1, -0.05) is 89.8 Å². The third kappa shape index (κ3) is 4.96. The topological polar surface area (TPSA) is 54.7 Å². The number of amides is 1. The summed E-state index contributed by atoms with van der Waals surface area (Å²) in [5.74, 6) is -0.204. The zero-order chi connectivity index (χ0) is 24.5. The molecule has 0 bridgehead atoms. The fourth-order valence-corrected chi connectivity index (χ4v) is 5.83. The Morgan fingerprint density at radius 3 is 2.43 bits per heavy atom. The molecular weight excluding hydrogens is 495 g/mol. The predicted molar refractivity (Wildman–Crippen MR) is 147 cm³/mol. The number of thiocarbonyl (C=S) groups is 1. The van der Waals surface area contributed by atoms with Gasteiger partial charge in [-0.3, -0.25) is 18.9 Å². The van der Waals surface area contributed by atoms with Crippen molar-refractivity contribution in [3.05, 3.63) is 110 Å². The summed E-state index contributed by atoms with van der Waals surface area (Å²) in [6, 6.07) is 21.5. The third-order valence-electron chi connectivity index (χ3n) is 5.54. The van der Waals surface area contributed by atoms with Crippen LogP contribution in [0.2, 0.25) is 0 Å². The number of pyridine rings is 1. The van der Waals surface area contributed by atoms with E-state index in [1.54, 1.807) is 17.2 Å². The number of carbonyl (C=O) groups excluding carboxylic acids is 1. The third-order valence-corrected chi connectivity index (χ3v) is 7.93. The Hall–Kier alpha value is -3.20. The first-order valence-electron chi connectivity index (χ1n) is 11.0.